The van der Waals surface area contributed by atoms with Crippen molar-refractivity contribution in [3.8, 4) is 0 Å². The largest absolute Gasteiger partial charge is 0.0944 e. The van der Waals surface area contributed by atoms with Crippen molar-refractivity contribution in [2.75, 3.05) is 0 Å². The van der Waals surface area contributed by atoms with Crippen molar-refractivity contribution in [2.24, 2.45) is 0 Å². The van der Waals surface area contributed by atoms with Gasteiger partial charge in [0, 0.05) is 0 Å². The summed E-state index contributed by atoms with van der Waals surface area (Å²) in [7, 11) is -1.05. The van der Waals surface area contributed by atoms with Crippen molar-refractivity contribution in [1.29, 1.82) is 0 Å². The summed E-state index contributed by atoms with van der Waals surface area (Å²) in [6, 6.07) is 20.4. The maximum absolute atomic E-state index is 2.49. The molecular weight excluding hydrogens is 280 g/mol. The van der Waals surface area contributed by atoms with Gasteiger partial charge in [0.1, 0.15) is 0 Å². The smallest absolute Gasteiger partial charge is 0.0917 e. The fourth-order valence-corrected chi connectivity index (χ4v) is 6.06. The van der Waals surface area contributed by atoms with Crippen LogP contribution in [-0.2, 0) is 0 Å². The third kappa shape index (κ3) is 1.97. The predicted molar refractivity (Wildman–Crippen MR) is 102 cm³/mol. The first kappa shape index (κ1) is 13.5. The molecule has 0 aliphatic rings. The predicted octanol–water partition coefficient (Wildman–Crippen LogP) is 5.15. The second-order valence-electron chi connectivity index (χ2n) is 6.54. The van der Waals surface area contributed by atoms with E-state index in [9.17, 15) is 0 Å². The van der Waals surface area contributed by atoms with Crippen LogP contribution >= 0.6 is 0 Å². The van der Waals surface area contributed by atoms with Gasteiger partial charge in [0.15, 0.2) is 0 Å². The second kappa shape index (κ2) is 4.96. The highest BCUT2D eigenvalue weighted by molar-refractivity contribution is 6.79. The van der Waals surface area contributed by atoms with E-state index in [4.69, 9.17) is 0 Å². The van der Waals surface area contributed by atoms with Crippen molar-refractivity contribution in [3.05, 3.63) is 65.9 Å². The van der Waals surface area contributed by atoms with Crippen LogP contribution in [0.3, 0.4) is 0 Å². The van der Waals surface area contributed by atoms with Gasteiger partial charge >= 0.3 is 0 Å². The summed E-state index contributed by atoms with van der Waals surface area (Å²) < 4.78 is 0. The Balaban J connectivity index is 2.15. The Bertz CT molecular complexity index is 991. The van der Waals surface area contributed by atoms with Gasteiger partial charge < -0.3 is 0 Å². The molecule has 0 saturated carbocycles. The SMILES string of the molecule is CC(C)=C[SiH](C)c1ccc2ccc3cccc4ccc1c2c34. The molecule has 4 rings (SSSR count). The van der Waals surface area contributed by atoms with Gasteiger partial charge in [0.2, 0.25) is 0 Å². The minimum Gasteiger partial charge on any atom is -0.0944 e. The van der Waals surface area contributed by atoms with Crippen LogP contribution in [-0.4, -0.2) is 8.80 Å². The highest BCUT2D eigenvalue weighted by Crippen LogP contribution is 2.33. The Kier molecular flexibility index (Phi) is 3.05. The van der Waals surface area contributed by atoms with Crippen LogP contribution in [0.4, 0.5) is 0 Å². The zero-order valence-electron chi connectivity index (χ0n) is 13.4. The van der Waals surface area contributed by atoms with Crippen molar-refractivity contribution in [3.63, 3.8) is 0 Å². The van der Waals surface area contributed by atoms with Gasteiger partial charge in [-0.1, -0.05) is 77.6 Å². The molecule has 4 aromatic carbocycles. The molecule has 108 valence electrons. The third-order valence-corrected chi connectivity index (χ3v) is 7.29. The molecule has 0 bridgehead atoms. The maximum Gasteiger partial charge on any atom is 0.0917 e. The minimum absolute atomic E-state index is 1.05. The van der Waals surface area contributed by atoms with Crippen LogP contribution in [0, 0.1) is 0 Å². The first-order valence-electron chi connectivity index (χ1n) is 7.96. The highest BCUT2D eigenvalue weighted by Gasteiger charge is 2.13. The van der Waals surface area contributed by atoms with E-state index in [-0.39, 0.29) is 0 Å². The maximum atomic E-state index is 2.49. The number of rotatable bonds is 2. The van der Waals surface area contributed by atoms with Crippen LogP contribution in [0.5, 0.6) is 0 Å². The van der Waals surface area contributed by atoms with Crippen molar-refractivity contribution in [1.82, 2.24) is 0 Å². The molecule has 0 fully saturated rings. The van der Waals surface area contributed by atoms with Gasteiger partial charge in [0.05, 0.1) is 8.80 Å². The summed E-state index contributed by atoms with van der Waals surface area (Å²) in [6.45, 7) is 6.85. The van der Waals surface area contributed by atoms with Crippen LogP contribution in [0.15, 0.2) is 65.9 Å². The van der Waals surface area contributed by atoms with Crippen LogP contribution < -0.4 is 5.19 Å². The number of allylic oxidation sites excluding steroid dienone is 1. The molecule has 1 heteroatoms. The molecule has 0 aliphatic carbocycles. The number of benzene rings is 4. The molecular formula is C21H20Si. The van der Waals surface area contributed by atoms with Gasteiger partial charge in [0.25, 0.3) is 0 Å². The van der Waals surface area contributed by atoms with Crippen LogP contribution in [0.1, 0.15) is 13.8 Å². The van der Waals surface area contributed by atoms with Gasteiger partial charge in [-0.3, -0.25) is 0 Å². The number of hydrogen-bond donors (Lipinski definition) is 0. The number of hydrogen-bond acceptors (Lipinski definition) is 0. The molecule has 0 spiro atoms. The Labute approximate surface area is 133 Å². The van der Waals surface area contributed by atoms with E-state index in [0.29, 0.717) is 0 Å². The van der Waals surface area contributed by atoms with Crippen LogP contribution in [0.25, 0.3) is 32.3 Å². The van der Waals surface area contributed by atoms with E-state index in [2.05, 4.69) is 80.7 Å². The first-order valence-corrected chi connectivity index (χ1v) is 10.4. The molecule has 0 heterocycles. The highest BCUT2D eigenvalue weighted by atomic mass is 28.3. The minimum atomic E-state index is -1.05. The summed E-state index contributed by atoms with van der Waals surface area (Å²) >= 11 is 0. The summed E-state index contributed by atoms with van der Waals surface area (Å²) in [4.78, 5) is 0. The van der Waals surface area contributed by atoms with E-state index in [1.165, 1.54) is 37.9 Å². The van der Waals surface area contributed by atoms with E-state index in [1.807, 2.05) is 0 Å². The Hall–Kier alpha value is -2.12. The van der Waals surface area contributed by atoms with Gasteiger partial charge in [-0.05, 0) is 46.2 Å². The molecule has 0 radical (unpaired) electrons. The van der Waals surface area contributed by atoms with Crippen LogP contribution in [0.2, 0.25) is 6.55 Å². The zero-order chi connectivity index (χ0) is 15.3. The third-order valence-electron chi connectivity index (χ3n) is 4.64. The molecule has 0 aliphatic heterocycles. The average Bonchev–Trinajstić information content (AvgIpc) is 2.51. The zero-order valence-corrected chi connectivity index (χ0v) is 14.5. The molecule has 1 atom stereocenters. The lowest BCUT2D eigenvalue weighted by molar-refractivity contribution is 1.41. The topological polar surface area (TPSA) is 0 Å². The van der Waals surface area contributed by atoms with E-state index < -0.39 is 8.80 Å². The molecule has 4 aromatic rings. The Morgan fingerprint density at radius 2 is 1.36 bits per heavy atom. The van der Waals surface area contributed by atoms with E-state index in [0.717, 1.165) is 0 Å². The Morgan fingerprint density at radius 1 is 0.773 bits per heavy atom. The summed E-state index contributed by atoms with van der Waals surface area (Å²) in [5.41, 5.74) is 3.93. The fraction of sp³-hybridized carbons (Fsp3) is 0.143. The second-order valence-corrected chi connectivity index (χ2v) is 9.08. The molecule has 1 unspecified atom stereocenters. The lowest BCUT2D eigenvalue weighted by atomic mass is 9.94. The molecule has 22 heavy (non-hydrogen) atoms. The fourth-order valence-electron chi connectivity index (χ4n) is 3.74. The van der Waals surface area contributed by atoms with Gasteiger partial charge in [-0.2, -0.15) is 0 Å². The first-order chi connectivity index (χ1) is 10.6. The summed E-state index contributed by atoms with van der Waals surface area (Å²) in [5, 5.41) is 9.97. The van der Waals surface area contributed by atoms with Crippen molar-refractivity contribution < 1.29 is 0 Å². The Morgan fingerprint density at radius 3 is 2.05 bits per heavy atom. The van der Waals surface area contributed by atoms with Crippen molar-refractivity contribution >= 4 is 46.3 Å². The molecule has 0 nitrogen and oxygen atoms in total. The lowest BCUT2D eigenvalue weighted by Crippen LogP contribution is -2.25. The monoisotopic (exact) mass is 300 g/mol. The summed E-state index contributed by atoms with van der Waals surface area (Å²) in [6.07, 6.45) is 0. The normalized spacial score (nSPS) is 13.0. The molecule has 0 N–H and O–H groups in total. The standard InChI is InChI=1S/C21H20Si/c1-14(2)13-22(3)19-12-10-17-8-7-15-5-4-6-16-9-11-18(19)21(17)20(15)16/h4-13,22H,1-3H3. The molecule has 0 amide bonds. The lowest BCUT2D eigenvalue weighted by Gasteiger charge is -2.16. The average molecular weight is 300 g/mol. The summed E-state index contributed by atoms with van der Waals surface area (Å²) in [5.74, 6) is 0. The molecule has 0 saturated heterocycles. The molecule has 0 aromatic heterocycles. The van der Waals surface area contributed by atoms with E-state index >= 15 is 0 Å². The van der Waals surface area contributed by atoms with E-state index in [1.54, 1.807) is 5.19 Å². The van der Waals surface area contributed by atoms with Gasteiger partial charge in [-0.25, -0.2) is 0 Å². The van der Waals surface area contributed by atoms with Crippen molar-refractivity contribution in [2.45, 2.75) is 20.4 Å². The quantitative estimate of drug-likeness (QED) is 0.354. The van der Waals surface area contributed by atoms with Gasteiger partial charge in [-0.15, -0.1) is 0 Å².